The van der Waals surface area contributed by atoms with E-state index in [1.54, 1.807) is 13.1 Å². The summed E-state index contributed by atoms with van der Waals surface area (Å²) in [5.74, 6) is 0.759. The van der Waals surface area contributed by atoms with E-state index >= 15 is 0 Å². The van der Waals surface area contributed by atoms with Crippen LogP contribution in [0.2, 0.25) is 0 Å². The molecule has 1 aliphatic carbocycles. The Morgan fingerprint density at radius 1 is 1.37 bits per heavy atom. The molecule has 0 atom stereocenters. The third kappa shape index (κ3) is 2.84. The van der Waals surface area contributed by atoms with Crippen molar-refractivity contribution in [3.05, 3.63) is 23.3 Å². The lowest BCUT2D eigenvalue weighted by atomic mass is 9.83. The Labute approximate surface area is 114 Å². The molecule has 1 aliphatic rings. The molecule has 0 N–H and O–H groups in total. The van der Waals surface area contributed by atoms with Gasteiger partial charge in [-0.3, -0.25) is 4.79 Å². The highest BCUT2D eigenvalue weighted by atomic mass is 16.5. The van der Waals surface area contributed by atoms with Crippen molar-refractivity contribution in [3.8, 4) is 0 Å². The van der Waals surface area contributed by atoms with Gasteiger partial charge >= 0.3 is 0 Å². The average Bonchev–Trinajstić information content (AvgIpc) is 2.39. The fraction of sp³-hybridized carbons (Fsp3) is 0.667. The van der Waals surface area contributed by atoms with Gasteiger partial charge in [-0.05, 0) is 33.6 Å². The molecule has 104 valence electrons. The van der Waals surface area contributed by atoms with Crippen LogP contribution in [0.25, 0.3) is 0 Å². The third-order valence-corrected chi connectivity index (χ3v) is 3.85. The fourth-order valence-electron chi connectivity index (χ4n) is 2.86. The standard InChI is InChI=1S/C15H22N2O2/c1-4-19-15(8-6-5-7-9-15)14-16-10-13(12(3)18)11(2)17-14/h10H,4-9H2,1-3H3. The summed E-state index contributed by atoms with van der Waals surface area (Å²) in [5, 5.41) is 0. The molecule has 19 heavy (non-hydrogen) atoms. The second-order valence-electron chi connectivity index (χ2n) is 5.24. The Morgan fingerprint density at radius 3 is 2.58 bits per heavy atom. The molecule has 1 aromatic heterocycles. The minimum atomic E-state index is -0.340. The summed E-state index contributed by atoms with van der Waals surface area (Å²) in [6.45, 7) is 6.08. The van der Waals surface area contributed by atoms with Gasteiger partial charge in [0.25, 0.3) is 0 Å². The Morgan fingerprint density at radius 2 is 2.05 bits per heavy atom. The maximum atomic E-state index is 11.4. The van der Waals surface area contributed by atoms with E-state index in [0.717, 1.165) is 37.2 Å². The maximum Gasteiger partial charge on any atom is 0.163 e. The number of carbonyl (C=O) groups is 1. The number of nitrogens with zero attached hydrogens (tertiary/aromatic N) is 2. The van der Waals surface area contributed by atoms with E-state index in [4.69, 9.17) is 4.74 Å². The van der Waals surface area contributed by atoms with E-state index in [2.05, 4.69) is 9.97 Å². The number of hydrogen-bond donors (Lipinski definition) is 0. The van der Waals surface area contributed by atoms with Crippen molar-refractivity contribution >= 4 is 5.78 Å². The highest BCUT2D eigenvalue weighted by Crippen LogP contribution is 2.38. The Balaban J connectivity index is 2.37. The molecular weight excluding hydrogens is 240 g/mol. The molecule has 0 bridgehead atoms. The van der Waals surface area contributed by atoms with Crippen LogP contribution < -0.4 is 0 Å². The summed E-state index contributed by atoms with van der Waals surface area (Å²) in [4.78, 5) is 20.4. The van der Waals surface area contributed by atoms with Gasteiger partial charge in [-0.15, -0.1) is 0 Å². The molecule has 0 aliphatic heterocycles. The summed E-state index contributed by atoms with van der Waals surface area (Å²) in [6.07, 6.45) is 7.14. The molecule has 1 heterocycles. The van der Waals surface area contributed by atoms with Gasteiger partial charge in [-0.2, -0.15) is 0 Å². The zero-order valence-corrected chi connectivity index (χ0v) is 12.0. The summed E-state index contributed by atoms with van der Waals surface area (Å²) >= 11 is 0. The average molecular weight is 262 g/mol. The summed E-state index contributed by atoms with van der Waals surface area (Å²) in [6, 6.07) is 0. The molecule has 1 saturated carbocycles. The Bertz CT molecular complexity index is 460. The lowest BCUT2D eigenvalue weighted by molar-refractivity contribution is -0.0768. The minimum absolute atomic E-state index is 0.0122. The van der Waals surface area contributed by atoms with Crippen molar-refractivity contribution in [2.24, 2.45) is 0 Å². The SMILES string of the molecule is CCOC1(c2ncc(C(C)=O)c(C)n2)CCCCC1. The van der Waals surface area contributed by atoms with E-state index in [-0.39, 0.29) is 11.4 Å². The predicted molar refractivity (Wildman–Crippen MR) is 73.2 cm³/mol. The van der Waals surface area contributed by atoms with Gasteiger partial charge < -0.3 is 4.74 Å². The highest BCUT2D eigenvalue weighted by molar-refractivity contribution is 5.94. The van der Waals surface area contributed by atoms with Gasteiger partial charge in [0.1, 0.15) is 5.60 Å². The van der Waals surface area contributed by atoms with Crippen LogP contribution in [0.15, 0.2) is 6.20 Å². The minimum Gasteiger partial charge on any atom is -0.367 e. The number of ketones is 1. The van der Waals surface area contributed by atoms with Gasteiger partial charge in [0, 0.05) is 12.8 Å². The molecule has 0 unspecified atom stereocenters. The van der Waals surface area contributed by atoms with Crippen LogP contribution in [0.3, 0.4) is 0 Å². The first kappa shape index (κ1) is 14.1. The van der Waals surface area contributed by atoms with Crippen molar-refractivity contribution in [2.75, 3.05) is 6.61 Å². The number of rotatable bonds is 4. The molecule has 0 radical (unpaired) electrons. The van der Waals surface area contributed by atoms with Crippen molar-refractivity contribution in [1.82, 2.24) is 9.97 Å². The topological polar surface area (TPSA) is 52.1 Å². The number of hydrogen-bond acceptors (Lipinski definition) is 4. The van der Waals surface area contributed by atoms with Gasteiger partial charge in [0.15, 0.2) is 11.6 Å². The van der Waals surface area contributed by atoms with Crippen molar-refractivity contribution in [2.45, 2.75) is 58.5 Å². The number of aryl methyl sites for hydroxylation is 1. The molecule has 4 heteroatoms. The quantitative estimate of drug-likeness (QED) is 0.782. The Hall–Kier alpha value is -1.29. The third-order valence-electron chi connectivity index (χ3n) is 3.85. The number of aromatic nitrogens is 2. The summed E-state index contributed by atoms with van der Waals surface area (Å²) in [5.41, 5.74) is 1.01. The van der Waals surface area contributed by atoms with E-state index in [1.165, 1.54) is 6.42 Å². The van der Waals surface area contributed by atoms with Crippen LogP contribution in [0.4, 0.5) is 0 Å². The predicted octanol–water partition coefficient (Wildman–Crippen LogP) is 3.18. The highest BCUT2D eigenvalue weighted by Gasteiger charge is 2.37. The second-order valence-corrected chi connectivity index (χ2v) is 5.24. The first-order chi connectivity index (χ1) is 9.09. The molecule has 0 spiro atoms. The van der Waals surface area contributed by atoms with E-state index in [9.17, 15) is 4.79 Å². The van der Waals surface area contributed by atoms with E-state index in [1.807, 2.05) is 13.8 Å². The molecule has 0 aromatic carbocycles. The van der Waals surface area contributed by atoms with Crippen LogP contribution in [0.1, 0.15) is 67.8 Å². The molecule has 0 saturated heterocycles. The molecule has 2 rings (SSSR count). The van der Waals surface area contributed by atoms with Gasteiger partial charge in [-0.25, -0.2) is 9.97 Å². The van der Waals surface area contributed by atoms with Crippen LogP contribution in [-0.4, -0.2) is 22.4 Å². The van der Waals surface area contributed by atoms with Crippen LogP contribution >= 0.6 is 0 Å². The van der Waals surface area contributed by atoms with Crippen LogP contribution in [0, 0.1) is 6.92 Å². The molecule has 0 amide bonds. The molecule has 1 fully saturated rings. The van der Waals surface area contributed by atoms with E-state index < -0.39 is 0 Å². The molecule has 1 aromatic rings. The lowest BCUT2D eigenvalue weighted by Gasteiger charge is -2.35. The monoisotopic (exact) mass is 262 g/mol. The normalized spacial score (nSPS) is 18.3. The van der Waals surface area contributed by atoms with Crippen molar-refractivity contribution in [3.63, 3.8) is 0 Å². The first-order valence-corrected chi connectivity index (χ1v) is 7.08. The Kier molecular flexibility index (Phi) is 4.30. The van der Waals surface area contributed by atoms with Crippen molar-refractivity contribution < 1.29 is 9.53 Å². The fourth-order valence-corrected chi connectivity index (χ4v) is 2.86. The number of Topliss-reactive ketones (excluding diaryl/α,β-unsaturated/α-hetero) is 1. The van der Waals surface area contributed by atoms with Gasteiger partial charge in [-0.1, -0.05) is 19.3 Å². The largest absolute Gasteiger partial charge is 0.367 e. The lowest BCUT2D eigenvalue weighted by Crippen LogP contribution is -2.35. The van der Waals surface area contributed by atoms with Crippen LogP contribution in [0.5, 0.6) is 0 Å². The molecule has 4 nitrogen and oxygen atoms in total. The van der Waals surface area contributed by atoms with Gasteiger partial charge in [0.05, 0.1) is 11.3 Å². The summed E-state index contributed by atoms with van der Waals surface area (Å²) in [7, 11) is 0. The first-order valence-electron chi connectivity index (χ1n) is 7.08. The van der Waals surface area contributed by atoms with Crippen LogP contribution in [-0.2, 0) is 10.3 Å². The van der Waals surface area contributed by atoms with Gasteiger partial charge in [0.2, 0.25) is 0 Å². The number of ether oxygens (including phenoxy) is 1. The zero-order valence-electron chi connectivity index (χ0n) is 12.0. The smallest absolute Gasteiger partial charge is 0.163 e. The molecular formula is C15H22N2O2. The van der Waals surface area contributed by atoms with E-state index in [0.29, 0.717) is 12.2 Å². The van der Waals surface area contributed by atoms with Crippen molar-refractivity contribution in [1.29, 1.82) is 0 Å². The maximum absolute atomic E-state index is 11.4. The summed E-state index contributed by atoms with van der Waals surface area (Å²) < 4.78 is 6.00. The number of carbonyl (C=O) groups excluding carboxylic acids is 1. The second kappa shape index (κ2) is 5.78. The zero-order chi connectivity index (χ0) is 13.9.